The first kappa shape index (κ1) is 9.41. The van der Waals surface area contributed by atoms with Gasteiger partial charge in [-0.3, -0.25) is 9.69 Å². The Kier molecular flexibility index (Phi) is 2.22. The first-order valence-corrected chi connectivity index (χ1v) is 4.48. The van der Waals surface area contributed by atoms with Gasteiger partial charge in [0.1, 0.15) is 5.75 Å². The molecule has 0 aromatic heterocycles. The summed E-state index contributed by atoms with van der Waals surface area (Å²) < 4.78 is 5.25. The number of carbonyl (C=O) groups is 1. The summed E-state index contributed by atoms with van der Waals surface area (Å²) in [5.41, 5.74) is 6.86. The lowest BCUT2D eigenvalue weighted by molar-refractivity contribution is -0.121. The molecule has 1 aliphatic heterocycles. The van der Waals surface area contributed by atoms with Crippen molar-refractivity contribution in [3.8, 4) is 18.1 Å². The maximum atomic E-state index is 11.5. The molecule has 4 nitrogen and oxygen atoms in total. The van der Waals surface area contributed by atoms with Crippen LogP contribution in [0.4, 0.5) is 11.4 Å². The van der Waals surface area contributed by atoms with Gasteiger partial charge >= 0.3 is 0 Å². The van der Waals surface area contributed by atoms with Crippen molar-refractivity contribution in [3.05, 3.63) is 18.2 Å². The minimum absolute atomic E-state index is 0.0264. The summed E-state index contributed by atoms with van der Waals surface area (Å²) in [6, 6.07) is 5.15. The Balaban J connectivity index is 2.46. The number of amides is 1. The van der Waals surface area contributed by atoms with Crippen molar-refractivity contribution in [2.24, 2.45) is 0 Å². The number of hydrogen-bond acceptors (Lipinski definition) is 3. The smallest absolute Gasteiger partial charge is 0.265 e. The molecule has 15 heavy (non-hydrogen) atoms. The predicted molar refractivity (Wildman–Crippen MR) is 57.5 cm³/mol. The lowest BCUT2D eigenvalue weighted by Crippen LogP contribution is -2.39. The summed E-state index contributed by atoms with van der Waals surface area (Å²) in [5, 5.41) is 0. The highest BCUT2D eigenvalue weighted by atomic mass is 16.5. The summed E-state index contributed by atoms with van der Waals surface area (Å²) in [4.78, 5) is 13.0. The largest absolute Gasteiger partial charge is 0.482 e. The van der Waals surface area contributed by atoms with Crippen LogP contribution in [0, 0.1) is 12.3 Å². The van der Waals surface area contributed by atoms with Crippen molar-refractivity contribution >= 4 is 17.3 Å². The standard InChI is InChI=1S/C11H10N2O2/c1-2-5-13-9-6-8(12)3-4-10(9)15-7-11(13)14/h1,3-4,6H,5,7,12H2. The molecule has 2 N–H and O–H groups in total. The highest BCUT2D eigenvalue weighted by Gasteiger charge is 2.24. The van der Waals surface area contributed by atoms with Crippen LogP contribution in [-0.2, 0) is 4.79 Å². The van der Waals surface area contributed by atoms with Gasteiger partial charge in [0, 0.05) is 5.69 Å². The molecule has 1 aromatic carbocycles. The Labute approximate surface area is 87.6 Å². The van der Waals surface area contributed by atoms with Crippen molar-refractivity contribution in [1.82, 2.24) is 0 Å². The average Bonchev–Trinajstić information content (AvgIpc) is 2.23. The topological polar surface area (TPSA) is 55.6 Å². The minimum Gasteiger partial charge on any atom is -0.482 e. The van der Waals surface area contributed by atoms with E-state index in [0.29, 0.717) is 17.1 Å². The molecule has 76 valence electrons. The van der Waals surface area contributed by atoms with Crippen LogP contribution in [0.25, 0.3) is 0 Å². The second kappa shape index (κ2) is 3.54. The van der Waals surface area contributed by atoms with Gasteiger partial charge in [0.25, 0.3) is 5.91 Å². The third-order valence-corrected chi connectivity index (χ3v) is 2.18. The zero-order valence-electron chi connectivity index (χ0n) is 8.06. The molecule has 0 unspecified atom stereocenters. The van der Waals surface area contributed by atoms with Crippen LogP contribution in [0.2, 0.25) is 0 Å². The van der Waals surface area contributed by atoms with Gasteiger partial charge in [0.2, 0.25) is 0 Å². The fourth-order valence-electron chi connectivity index (χ4n) is 1.48. The van der Waals surface area contributed by atoms with Crippen molar-refractivity contribution in [1.29, 1.82) is 0 Å². The molecule has 0 atom stereocenters. The summed E-state index contributed by atoms with van der Waals surface area (Å²) in [6.45, 7) is 0.261. The van der Waals surface area contributed by atoms with Crippen LogP contribution in [0.1, 0.15) is 0 Å². The number of ether oxygens (including phenoxy) is 1. The van der Waals surface area contributed by atoms with Crippen molar-refractivity contribution < 1.29 is 9.53 Å². The third-order valence-electron chi connectivity index (χ3n) is 2.18. The summed E-state index contributed by atoms with van der Waals surface area (Å²) >= 11 is 0. The number of rotatable bonds is 1. The lowest BCUT2D eigenvalue weighted by Gasteiger charge is -2.27. The molecule has 0 radical (unpaired) electrons. The van der Waals surface area contributed by atoms with Crippen LogP contribution in [-0.4, -0.2) is 19.1 Å². The Morgan fingerprint density at radius 1 is 1.60 bits per heavy atom. The van der Waals surface area contributed by atoms with Crippen LogP contribution in [0.5, 0.6) is 5.75 Å². The average molecular weight is 202 g/mol. The maximum absolute atomic E-state index is 11.5. The minimum atomic E-state index is -0.147. The number of anilines is 2. The van der Waals surface area contributed by atoms with Crippen LogP contribution in [0.3, 0.4) is 0 Å². The number of terminal acetylenes is 1. The zero-order chi connectivity index (χ0) is 10.8. The van der Waals surface area contributed by atoms with E-state index in [2.05, 4.69) is 5.92 Å². The lowest BCUT2D eigenvalue weighted by atomic mass is 10.2. The van der Waals surface area contributed by atoms with Crippen molar-refractivity contribution in [2.45, 2.75) is 0 Å². The molecule has 0 saturated carbocycles. The normalized spacial score (nSPS) is 14.1. The second-order valence-corrected chi connectivity index (χ2v) is 3.20. The van der Waals surface area contributed by atoms with E-state index < -0.39 is 0 Å². The molecule has 0 aliphatic carbocycles. The monoisotopic (exact) mass is 202 g/mol. The summed E-state index contributed by atoms with van der Waals surface area (Å²) in [5.74, 6) is 2.93. The molecule has 1 amide bonds. The molecule has 0 bridgehead atoms. The number of nitrogens with two attached hydrogens (primary N) is 1. The highest BCUT2D eigenvalue weighted by molar-refractivity contribution is 5.98. The second-order valence-electron chi connectivity index (χ2n) is 3.20. The first-order chi connectivity index (χ1) is 7.22. The van der Waals surface area contributed by atoms with Crippen molar-refractivity contribution in [3.63, 3.8) is 0 Å². The van der Waals surface area contributed by atoms with Gasteiger partial charge < -0.3 is 10.5 Å². The van der Waals surface area contributed by atoms with Crippen molar-refractivity contribution in [2.75, 3.05) is 23.8 Å². The van der Waals surface area contributed by atoms with Crippen LogP contribution < -0.4 is 15.4 Å². The summed E-state index contributed by atoms with van der Waals surface area (Å²) in [6.07, 6.45) is 5.20. The molecule has 0 spiro atoms. The van der Waals surface area contributed by atoms with Gasteiger partial charge in [-0.25, -0.2) is 0 Å². The van der Waals surface area contributed by atoms with E-state index in [-0.39, 0.29) is 19.1 Å². The molecule has 4 heteroatoms. The fourth-order valence-corrected chi connectivity index (χ4v) is 1.48. The Hall–Kier alpha value is -2.15. The number of benzene rings is 1. The molecule has 1 aromatic rings. The van der Waals surface area contributed by atoms with E-state index >= 15 is 0 Å². The van der Waals surface area contributed by atoms with Gasteiger partial charge in [-0.1, -0.05) is 5.92 Å². The van der Waals surface area contributed by atoms with E-state index in [1.54, 1.807) is 18.2 Å². The Morgan fingerprint density at radius 2 is 2.40 bits per heavy atom. The quantitative estimate of drug-likeness (QED) is 0.536. The highest BCUT2D eigenvalue weighted by Crippen LogP contribution is 2.33. The van der Waals surface area contributed by atoms with E-state index in [9.17, 15) is 4.79 Å². The third kappa shape index (κ3) is 1.59. The molecule has 0 saturated heterocycles. The van der Waals surface area contributed by atoms with Gasteiger partial charge in [0.15, 0.2) is 6.61 Å². The molecular formula is C11H10N2O2. The predicted octanol–water partition coefficient (Wildman–Crippen LogP) is 0.627. The first-order valence-electron chi connectivity index (χ1n) is 4.48. The van der Waals surface area contributed by atoms with Crippen LogP contribution in [0.15, 0.2) is 18.2 Å². The number of hydrogen-bond donors (Lipinski definition) is 1. The van der Waals surface area contributed by atoms with E-state index in [0.717, 1.165) is 0 Å². The Morgan fingerprint density at radius 3 is 3.13 bits per heavy atom. The van der Waals surface area contributed by atoms with Gasteiger partial charge in [-0.2, -0.15) is 0 Å². The number of nitrogens with zero attached hydrogens (tertiary/aromatic N) is 1. The molecule has 1 aliphatic rings. The molecule has 0 fully saturated rings. The van der Waals surface area contributed by atoms with Crippen LogP contribution >= 0.6 is 0 Å². The van der Waals surface area contributed by atoms with E-state index in [1.807, 2.05) is 0 Å². The molecular weight excluding hydrogens is 192 g/mol. The van der Waals surface area contributed by atoms with Gasteiger partial charge in [0.05, 0.1) is 12.2 Å². The summed E-state index contributed by atoms with van der Waals surface area (Å²) in [7, 11) is 0. The van der Waals surface area contributed by atoms with Gasteiger partial charge in [-0.15, -0.1) is 6.42 Å². The van der Waals surface area contributed by atoms with Gasteiger partial charge in [-0.05, 0) is 18.2 Å². The van der Waals surface area contributed by atoms with E-state index in [4.69, 9.17) is 16.9 Å². The number of carbonyl (C=O) groups excluding carboxylic acids is 1. The number of nitrogen functional groups attached to an aromatic ring is 1. The fraction of sp³-hybridized carbons (Fsp3) is 0.182. The molecule has 1 heterocycles. The zero-order valence-corrected chi connectivity index (χ0v) is 8.06. The van der Waals surface area contributed by atoms with E-state index in [1.165, 1.54) is 4.90 Å². The maximum Gasteiger partial charge on any atom is 0.265 e. The SMILES string of the molecule is C#CCN1C(=O)COc2ccc(N)cc21. The Bertz CT molecular complexity index is 448. The molecule has 2 rings (SSSR count). The number of fused-ring (bicyclic) bond motifs is 1.